The molecule has 3 heteroatoms. The molecule has 0 bridgehead atoms. The summed E-state index contributed by atoms with van der Waals surface area (Å²) >= 11 is 0. The third-order valence-electron chi connectivity index (χ3n) is 2.38. The second kappa shape index (κ2) is 4.77. The Bertz CT molecular complexity index is 297. The van der Waals surface area contributed by atoms with Gasteiger partial charge in [-0.25, -0.2) is 0 Å². The summed E-state index contributed by atoms with van der Waals surface area (Å²) in [7, 11) is 0. The lowest BCUT2D eigenvalue weighted by Crippen LogP contribution is -2.29. The molecule has 14 heavy (non-hydrogen) atoms. The summed E-state index contributed by atoms with van der Waals surface area (Å²) in [6.07, 6.45) is 0.00998. The molecule has 3 N–H and O–H groups in total. The van der Waals surface area contributed by atoms with Crippen molar-refractivity contribution in [2.24, 2.45) is 5.73 Å². The van der Waals surface area contributed by atoms with Crippen LogP contribution in [0.5, 0.6) is 0 Å². The number of benzene rings is 1. The third kappa shape index (κ3) is 2.85. The average molecular weight is 193 g/mol. The topological polar surface area (TPSA) is 63.3 Å². The third-order valence-corrected chi connectivity index (χ3v) is 2.38. The van der Waals surface area contributed by atoms with E-state index in [4.69, 9.17) is 10.8 Å². The van der Waals surface area contributed by atoms with Crippen LogP contribution in [0.3, 0.4) is 0 Å². The van der Waals surface area contributed by atoms with Crippen molar-refractivity contribution in [1.29, 1.82) is 0 Å². The quantitative estimate of drug-likeness (QED) is 0.763. The van der Waals surface area contributed by atoms with Crippen LogP contribution in [0.25, 0.3) is 0 Å². The molecule has 0 aliphatic heterocycles. The van der Waals surface area contributed by atoms with Gasteiger partial charge in [-0.3, -0.25) is 4.79 Å². The molecule has 0 radical (unpaired) electrons. The highest BCUT2D eigenvalue weighted by Gasteiger charge is 2.17. The molecular weight excluding hydrogens is 178 g/mol. The maximum atomic E-state index is 10.5. The number of aliphatic carboxylic acids is 1. The van der Waals surface area contributed by atoms with Gasteiger partial charge in [-0.2, -0.15) is 0 Å². The molecule has 76 valence electrons. The average Bonchev–Trinajstić information content (AvgIpc) is 2.17. The highest BCUT2D eigenvalue weighted by Crippen LogP contribution is 2.19. The van der Waals surface area contributed by atoms with Crippen LogP contribution in [-0.4, -0.2) is 17.1 Å². The van der Waals surface area contributed by atoms with Crippen LogP contribution in [-0.2, 0) is 4.79 Å². The summed E-state index contributed by atoms with van der Waals surface area (Å²) in [6.45, 7) is 1.95. The Labute approximate surface area is 83.6 Å². The maximum Gasteiger partial charge on any atom is 0.304 e. The molecule has 0 fully saturated rings. The van der Waals surface area contributed by atoms with Gasteiger partial charge >= 0.3 is 5.97 Å². The second-order valence-corrected chi connectivity index (χ2v) is 3.46. The molecule has 0 heterocycles. The van der Waals surface area contributed by atoms with E-state index in [9.17, 15) is 4.79 Å². The van der Waals surface area contributed by atoms with Crippen molar-refractivity contribution in [3.8, 4) is 0 Å². The molecule has 1 rings (SSSR count). The van der Waals surface area contributed by atoms with E-state index in [0.29, 0.717) is 0 Å². The van der Waals surface area contributed by atoms with Crippen LogP contribution < -0.4 is 5.73 Å². The first kappa shape index (κ1) is 10.7. The number of carbonyl (C=O) groups is 1. The summed E-state index contributed by atoms with van der Waals surface area (Å²) in [4.78, 5) is 10.5. The van der Waals surface area contributed by atoms with Crippen LogP contribution in [0.15, 0.2) is 30.3 Å². The molecule has 0 spiro atoms. The number of hydrogen-bond donors (Lipinski definition) is 2. The van der Waals surface area contributed by atoms with Gasteiger partial charge in [0.05, 0.1) is 6.42 Å². The zero-order valence-electron chi connectivity index (χ0n) is 8.18. The molecule has 1 aromatic carbocycles. The van der Waals surface area contributed by atoms with Gasteiger partial charge in [-0.1, -0.05) is 37.3 Å². The zero-order chi connectivity index (χ0) is 10.6. The summed E-state index contributed by atoms with van der Waals surface area (Å²) in [5.74, 6) is -0.771. The standard InChI is InChI=1S/C11H15NO2/c1-8(10(12)7-11(13)14)9-5-3-2-4-6-9/h2-6,8,10H,7,12H2,1H3,(H,13,14)/t8-,10-/m0/s1. The summed E-state index contributed by atoms with van der Waals surface area (Å²) in [5, 5.41) is 8.60. The minimum atomic E-state index is -0.847. The Hall–Kier alpha value is -1.35. The molecule has 0 aliphatic carbocycles. The number of carboxylic acids is 1. The van der Waals surface area contributed by atoms with Gasteiger partial charge in [-0.05, 0) is 11.5 Å². The fourth-order valence-electron chi connectivity index (χ4n) is 1.38. The number of nitrogens with two attached hydrogens (primary N) is 1. The first-order chi connectivity index (χ1) is 6.61. The lowest BCUT2D eigenvalue weighted by atomic mass is 9.92. The number of rotatable bonds is 4. The minimum absolute atomic E-state index is 0.00998. The maximum absolute atomic E-state index is 10.5. The van der Waals surface area contributed by atoms with Gasteiger partial charge in [0.2, 0.25) is 0 Å². The van der Waals surface area contributed by atoms with E-state index in [1.807, 2.05) is 37.3 Å². The van der Waals surface area contributed by atoms with E-state index >= 15 is 0 Å². The van der Waals surface area contributed by atoms with Gasteiger partial charge in [0.15, 0.2) is 0 Å². The van der Waals surface area contributed by atoms with Crippen LogP contribution in [0, 0.1) is 0 Å². The summed E-state index contributed by atoms with van der Waals surface area (Å²) < 4.78 is 0. The van der Waals surface area contributed by atoms with Crippen molar-refractivity contribution in [2.45, 2.75) is 25.3 Å². The van der Waals surface area contributed by atoms with E-state index in [1.54, 1.807) is 0 Å². The smallest absolute Gasteiger partial charge is 0.304 e. The van der Waals surface area contributed by atoms with Crippen LogP contribution >= 0.6 is 0 Å². The van der Waals surface area contributed by atoms with Crippen LogP contribution in [0.4, 0.5) is 0 Å². The van der Waals surface area contributed by atoms with E-state index in [-0.39, 0.29) is 18.4 Å². The summed E-state index contributed by atoms with van der Waals surface area (Å²) in [6, 6.07) is 9.39. The highest BCUT2D eigenvalue weighted by molar-refractivity contribution is 5.67. The van der Waals surface area contributed by atoms with Crippen molar-refractivity contribution in [2.75, 3.05) is 0 Å². The fourth-order valence-corrected chi connectivity index (χ4v) is 1.38. The minimum Gasteiger partial charge on any atom is -0.481 e. The SMILES string of the molecule is C[C@@H](c1ccccc1)[C@@H](N)CC(=O)O. The number of hydrogen-bond acceptors (Lipinski definition) is 2. The zero-order valence-corrected chi connectivity index (χ0v) is 8.18. The molecule has 0 aliphatic rings. The highest BCUT2D eigenvalue weighted by atomic mass is 16.4. The lowest BCUT2D eigenvalue weighted by molar-refractivity contribution is -0.137. The predicted octanol–water partition coefficient (Wildman–Crippen LogP) is 1.59. The van der Waals surface area contributed by atoms with Gasteiger partial charge in [0, 0.05) is 6.04 Å². The van der Waals surface area contributed by atoms with Crippen molar-refractivity contribution in [3.63, 3.8) is 0 Å². The van der Waals surface area contributed by atoms with E-state index in [0.717, 1.165) is 5.56 Å². The van der Waals surface area contributed by atoms with Crippen LogP contribution in [0.2, 0.25) is 0 Å². The van der Waals surface area contributed by atoms with Crippen molar-refractivity contribution in [1.82, 2.24) is 0 Å². The normalized spacial score (nSPS) is 14.7. The molecule has 0 amide bonds. The first-order valence-corrected chi connectivity index (χ1v) is 4.63. The molecule has 2 atom stereocenters. The van der Waals surface area contributed by atoms with Crippen LogP contribution in [0.1, 0.15) is 24.8 Å². The van der Waals surface area contributed by atoms with Crippen molar-refractivity contribution < 1.29 is 9.90 Å². The molecular formula is C11H15NO2. The Kier molecular flexibility index (Phi) is 3.65. The monoisotopic (exact) mass is 193 g/mol. The number of carboxylic acid groups (broad SMARTS) is 1. The largest absolute Gasteiger partial charge is 0.481 e. The Morgan fingerprint density at radius 3 is 2.50 bits per heavy atom. The van der Waals surface area contributed by atoms with E-state index in [2.05, 4.69) is 0 Å². The molecule has 1 aromatic rings. The molecule has 0 saturated heterocycles. The van der Waals surface area contributed by atoms with Gasteiger partial charge in [-0.15, -0.1) is 0 Å². The van der Waals surface area contributed by atoms with Crippen molar-refractivity contribution in [3.05, 3.63) is 35.9 Å². The fraction of sp³-hybridized carbons (Fsp3) is 0.364. The predicted molar refractivity (Wildman–Crippen MR) is 55.1 cm³/mol. The molecule has 3 nitrogen and oxygen atoms in total. The van der Waals surface area contributed by atoms with Crippen molar-refractivity contribution >= 4 is 5.97 Å². The Morgan fingerprint density at radius 2 is 2.00 bits per heavy atom. The summed E-state index contributed by atoms with van der Waals surface area (Å²) in [5.41, 5.74) is 6.85. The lowest BCUT2D eigenvalue weighted by Gasteiger charge is -2.18. The van der Waals surface area contributed by atoms with Gasteiger partial charge in [0.1, 0.15) is 0 Å². The van der Waals surface area contributed by atoms with E-state index < -0.39 is 5.97 Å². The van der Waals surface area contributed by atoms with Gasteiger partial charge in [0.25, 0.3) is 0 Å². The second-order valence-electron chi connectivity index (χ2n) is 3.46. The van der Waals surface area contributed by atoms with E-state index in [1.165, 1.54) is 0 Å². The van der Waals surface area contributed by atoms with Gasteiger partial charge < -0.3 is 10.8 Å². The first-order valence-electron chi connectivity index (χ1n) is 4.63. The Morgan fingerprint density at radius 1 is 1.43 bits per heavy atom. The molecule has 0 unspecified atom stereocenters. The molecule has 0 saturated carbocycles. The molecule has 0 aromatic heterocycles. The Balaban J connectivity index is 2.65.